The van der Waals surface area contributed by atoms with Gasteiger partial charge in [-0.1, -0.05) is 0 Å². The standard InChI is InChI=1S/C13H14F2N2O3/c14-10-4-3-8(6-11(10)15)17-13(19)12(18)16-7-9-2-1-5-20-9/h3-4,6,9H,1-2,5,7H2,(H,16,18)(H,17,19). The molecule has 0 radical (unpaired) electrons. The van der Waals surface area contributed by atoms with E-state index in [1.807, 2.05) is 0 Å². The number of carbonyl (C=O) groups excluding carboxylic acids is 2. The lowest BCUT2D eigenvalue weighted by molar-refractivity contribution is -0.136. The van der Waals surface area contributed by atoms with Crippen molar-refractivity contribution >= 4 is 17.5 Å². The Bertz CT molecular complexity index is 516. The SMILES string of the molecule is O=C(NCC1CCCO1)C(=O)Nc1ccc(F)c(F)c1. The minimum absolute atomic E-state index is 0.0150. The van der Waals surface area contributed by atoms with E-state index in [1.165, 1.54) is 6.07 Å². The lowest BCUT2D eigenvalue weighted by atomic mass is 10.2. The summed E-state index contributed by atoms with van der Waals surface area (Å²) < 4.78 is 30.9. The van der Waals surface area contributed by atoms with Crippen LogP contribution in [0.4, 0.5) is 14.5 Å². The predicted octanol–water partition coefficient (Wildman–Crippen LogP) is 1.20. The summed E-state index contributed by atoms with van der Waals surface area (Å²) in [7, 11) is 0. The van der Waals surface area contributed by atoms with Crippen LogP contribution in [0, 0.1) is 11.6 Å². The third-order valence-corrected chi connectivity index (χ3v) is 2.90. The number of amides is 2. The highest BCUT2D eigenvalue weighted by atomic mass is 19.2. The van der Waals surface area contributed by atoms with Gasteiger partial charge in [0.2, 0.25) is 0 Å². The zero-order chi connectivity index (χ0) is 14.5. The van der Waals surface area contributed by atoms with E-state index < -0.39 is 23.4 Å². The van der Waals surface area contributed by atoms with E-state index in [0.717, 1.165) is 25.0 Å². The summed E-state index contributed by atoms with van der Waals surface area (Å²) in [6.45, 7) is 0.908. The number of nitrogens with one attached hydrogen (secondary N) is 2. The van der Waals surface area contributed by atoms with Gasteiger partial charge in [0, 0.05) is 24.9 Å². The second-order valence-corrected chi connectivity index (χ2v) is 4.43. The molecule has 1 unspecified atom stereocenters. The fourth-order valence-corrected chi connectivity index (χ4v) is 1.85. The molecule has 2 N–H and O–H groups in total. The Morgan fingerprint density at radius 3 is 2.70 bits per heavy atom. The molecule has 0 aliphatic carbocycles. The molecule has 1 aromatic carbocycles. The van der Waals surface area contributed by atoms with Gasteiger partial charge in [-0.2, -0.15) is 0 Å². The van der Waals surface area contributed by atoms with E-state index >= 15 is 0 Å². The lowest BCUT2D eigenvalue weighted by Gasteiger charge is -2.10. The molecule has 1 heterocycles. The number of carbonyl (C=O) groups is 2. The smallest absolute Gasteiger partial charge is 0.313 e. The van der Waals surface area contributed by atoms with Crippen LogP contribution in [0.3, 0.4) is 0 Å². The first-order valence-corrected chi connectivity index (χ1v) is 6.22. The molecule has 1 aromatic rings. The van der Waals surface area contributed by atoms with Gasteiger partial charge >= 0.3 is 11.8 Å². The van der Waals surface area contributed by atoms with Crippen LogP contribution in [0.5, 0.6) is 0 Å². The van der Waals surface area contributed by atoms with E-state index in [4.69, 9.17) is 4.74 Å². The monoisotopic (exact) mass is 284 g/mol. The lowest BCUT2D eigenvalue weighted by Crippen LogP contribution is -2.39. The van der Waals surface area contributed by atoms with Gasteiger partial charge in [-0.3, -0.25) is 9.59 Å². The maximum absolute atomic E-state index is 12.9. The van der Waals surface area contributed by atoms with Crippen molar-refractivity contribution in [2.24, 2.45) is 0 Å². The van der Waals surface area contributed by atoms with Crippen molar-refractivity contribution in [3.05, 3.63) is 29.8 Å². The summed E-state index contributed by atoms with van der Waals surface area (Å²) in [5.74, 6) is -3.90. The largest absolute Gasteiger partial charge is 0.376 e. The maximum Gasteiger partial charge on any atom is 0.313 e. The number of hydrogen-bond acceptors (Lipinski definition) is 3. The molecular formula is C13H14F2N2O3. The van der Waals surface area contributed by atoms with Gasteiger partial charge in [0.05, 0.1) is 6.10 Å². The summed E-state index contributed by atoms with van der Waals surface area (Å²) in [5.41, 5.74) is 0.0150. The van der Waals surface area contributed by atoms with Gasteiger partial charge in [0.25, 0.3) is 0 Å². The van der Waals surface area contributed by atoms with E-state index in [2.05, 4.69) is 10.6 Å². The molecule has 0 bridgehead atoms. The van der Waals surface area contributed by atoms with Crippen molar-refractivity contribution in [2.45, 2.75) is 18.9 Å². The van der Waals surface area contributed by atoms with Crippen molar-refractivity contribution < 1.29 is 23.1 Å². The fraction of sp³-hybridized carbons (Fsp3) is 0.385. The number of hydrogen-bond donors (Lipinski definition) is 2. The number of rotatable bonds is 3. The molecule has 1 atom stereocenters. The highest BCUT2D eigenvalue weighted by Crippen LogP contribution is 2.13. The zero-order valence-corrected chi connectivity index (χ0v) is 10.6. The number of benzene rings is 1. The minimum Gasteiger partial charge on any atom is -0.376 e. The maximum atomic E-state index is 12.9. The van der Waals surface area contributed by atoms with Crippen molar-refractivity contribution in [3.8, 4) is 0 Å². The number of halogens is 2. The molecule has 1 saturated heterocycles. The third-order valence-electron chi connectivity index (χ3n) is 2.90. The molecule has 0 saturated carbocycles. The molecule has 108 valence electrons. The van der Waals surface area contributed by atoms with Crippen LogP contribution in [0.1, 0.15) is 12.8 Å². The van der Waals surface area contributed by atoms with E-state index in [9.17, 15) is 18.4 Å². The Kier molecular flexibility index (Phi) is 4.62. The molecule has 0 aromatic heterocycles. The first-order chi connectivity index (χ1) is 9.56. The molecule has 2 rings (SSSR count). The van der Waals surface area contributed by atoms with Gasteiger partial charge in [-0.15, -0.1) is 0 Å². The average molecular weight is 284 g/mol. The van der Waals surface area contributed by atoms with Crippen molar-refractivity contribution in [1.29, 1.82) is 0 Å². The predicted molar refractivity (Wildman–Crippen MR) is 67.0 cm³/mol. The molecular weight excluding hydrogens is 270 g/mol. The quantitative estimate of drug-likeness (QED) is 0.820. The van der Waals surface area contributed by atoms with E-state index in [-0.39, 0.29) is 18.3 Å². The molecule has 7 heteroatoms. The summed E-state index contributed by atoms with van der Waals surface area (Å²) >= 11 is 0. The van der Waals surface area contributed by atoms with Crippen molar-refractivity contribution in [1.82, 2.24) is 5.32 Å². The summed E-state index contributed by atoms with van der Waals surface area (Å²) in [6, 6.07) is 2.85. The number of ether oxygens (including phenoxy) is 1. The molecule has 20 heavy (non-hydrogen) atoms. The first-order valence-electron chi connectivity index (χ1n) is 6.22. The summed E-state index contributed by atoms with van der Waals surface area (Å²) in [4.78, 5) is 23.0. The Morgan fingerprint density at radius 1 is 1.25 bits per heavy atom. The second kappa shape index (κ2) is 6.42. The summed E-state index contributed by atoms with van der Waals surface area (Å²) in [6.07, 6.45) is 1.70. The fourth-order valence-electron chi connectivity index (χ4n) is 1.85. The van der Waals surface area contributed by atoms with Crippen LogP contribution >= 0.6 is 0 Å². The third kappa shape index (κ3) is 3.74. The van der Waals surface area contributed by atoms with Crippen molar-refractivity contribution in [3.63, 3.8) is 0 Å². The number of anilines is 1. The van der Waals surface area contributed by atoms with Crippen LogP contribution in [0.2, 0.25) is 0 Å². The highest BCUT2D eigenvalue weighted by Gasteiger charge is 2.19. The zero-order valence-electron chi connectivity index (χ0n) is 10.6. The highest BCUT2D eigenvalue weighted by molar-refractivity contribution is 6.39. The Labute approximate surface area is 114 Å². The second-order valence-electron chi connectivity index (χ2n) is 4.43. The average Bonchev–Trinajstić information content (AvgIpc) is 2.93. The van der Waals surface area contributed by atoms with Gasteiger partial charge < -0.3 is 15.4 Å². The van der Waals surface area contributed by atoms with Crippen LogP contribution in [-0.4, -0.2) is 31.1 Å². The van der Waals surface area contributed by atoms with Gasteiger partial charge in [0.1, 0.15) is 0 Å². The molecule has 1 fully saturated rings. The van der Waals surface area contributed by atoms with Crippen LogP contribution in [0.15, 0.2) is 18.2 Å². The van der Waals surface area contributed by atoms with Gasteiger partial charge in [-0.05, 0) is 25.0 Å². The van der Waals surface area contributed by atoms with E-state index in [1.54, 1.807) is 0 Å². The van der Waals surface area contributed by atoms with Gasteiger partial charge in [-0.25, -0.2) is 8.78 Å². The Balaban J connectivity index is 1.83. The summed E-state index contributed by atoms with van der Waals surface area (Å²) in [5, 5.41) is 4.61. The van der Waals surface area contributed by atoms with Crippen LogP contribution < -0.4 is 10.6 Å². The minimum atomic E-state index is -1.09. The van der Waals surface area contributed by atoms with Crippen LogP contribution in [0.25, 0.3) is 0 Å². The normalized spacial score (nSPS) is 17.8. The van der Waals surface area contributed by atoms with E-state index in [0.29, 0.717) is 6.61 Å². The topological polar surface area (TPSA) is 67.4 Å². The molecule has 2 amide bonds. The first kappa shape index (κ1) is 14.4. The molecule has 1 aliphatic heterocycles. The molecule has 1 aliphatic rings. The van der Waals surface area contributed by atoms with Crippen molar-refractivity contribution in [2.75, 3.05) is 18.5 Å². The van der Waals surface area contributed by atoms with Crippen LogP contribution in [-0.2, 0) is 14.3 Å². The Morgan fingerprint density at radius 2 is 2.05 bits per heavy atom. The van der Waals surface area contributed by atoms with Gasteiger partial charge in [0.15, 0.2) is 11.6 Å². The Hall–Kier alpha value is -2.02. The molecule has 5 nitrogen and oxygen atoms in total. The molecule has 0 spiro atoms.